The quantitative estimate of drug-likeness (QED) is 0.395. The summed E-state index contributed by atoms with van der Waals surface area (Å²) in [7, 11) is -2.93. The highest BCUT2D eigenvalue weighted by molar-refractivity contribution is 6.60. The molecule has 0 amide bonds. The van der Waals surface area contributed by atoms with Crippen LogP contribution < -0.4 is 4.74 Å². The number of rotatable bonds is 13. The zero-order valence-electron chi connectivity index (χ0n) is 17.3. The van der Waals surface area contributed by atoms with Crippen LogP contribution in [-0.4, -0.2) is 52.2 Å². The Morgan fingerprint density at radius 2 is 1.38 bits per heavy atom. The molecule has 0 aromatic heterocycles. The van der Waals surface area contributed by atoms with Crippen molar-refractivity contribution in [2.24, 2.45) is 0 Å². The Morgan fingerprint density at radius 3 is 1.90 bits per heavy atom. The summed E-state index contributed by atoms with van der Waals surface area (Å²) in [6.45, 7) is 7.07. The van der Waals surface area contributed by atoms with Gasteiger partial charge in [-0.3, -0.25) is 4.79 Å². The summed E-state index contributed by atoms with van der Waals surface area (Å²) in [5.74, 6) is 0.531. The summed E-state index contributed by atoms with van der Waals surface area (Å²) in [5.41, 5.74) is 1.22. The van der Waals surface area contributed by atoms with E-state index in [-0.39, 0.29) is 18.4 Å². The number of hydrogen-bond donors (Lipinski definition) is 1. The highest BCUT2D eigenvalue weighted by Crippen LogP contribution is 2.20. The normalized spacial score (nSPS) is 12.6. The van der Waals surface area contributed by atoms with Gasteiger partial charge in [-0.25, -0.2) is 0 Å². The monoisotopic (exact) mass is 418 g/mol. The van der Waals surface area contributed by atoms with Crippen LogP contribution in [0.4, 0.5) is 0 Å². The van der Waals surface area contributed by atoms with Crippen LogP contribution in [0.1, 0.15) is 36.7 Å². The first-order valence-electron chi connectivity index (χ1n) is 9.96. The average Bonchev–Trinajstić information content (AvgIpc) is 2.73. The lowest BCUT2D eigenvalue weighted by molar-refractivity contribution is 0.0457. The molecule has 1 unspecified atom stereocenters. The van der Waals surface area contributed by atoms with Gasteiger partial charge in [-0.2, -0.15) is 0 Å². The molecule has 0 aliphatic carbocycles. The van der Waals surface area contributed by atoms with Gasteiger partial charge in [-0.15, -0.1) is 0 Å². The molecule has 1 atom stereocenters. The summed E-state index contributed by atoms with van der Waals surface area (Å²) in [6, 6.07) is 16.3. The van der Waals surface area contributed by atoms with Crippen molar-refractivity contribution in [3.63, 3.8) is 0 Å². The fourth-order valence-corrected chi connectivity index (χ4v) is 5.58. The van der Waals surface area contributed by atoms with Gasteiger partial charge in [0.25, 0.3) is 0 Å². The molecule has 0 saturated heterocycles. The highest BCUT2D eigenvalue weighted by atomic mass is 28.4. The maximum atomic E-state index is 12.4. The molecule has 0 spiro atoms. The third-order valence-electron chi connectivity index (χ3n) is 4.17. The molecular weight excluding hydrogens is 388 g/mol. The first kappa shape index (κ1) is 23.2. The number of carbonyl (C=O) groups excluding carboxylic acids is 1. The van der Waals surface area contributed by atoms with Gasteiger partial charge in [-0.1, -0.05) is 30.3 Å². The maximum Gasteiger partial charge on any atom is 0.503 e. The summed E-state index contributed by atoms with van der Waals surface area (Å²) in [4.78, 5) is 12.4. The third kappa shape index (κ3) is 7.06. The summed E-state index contributed by atoms with van der Waals surface area (Å²) in [6.07, 6.45) is -0.794. The number of aliphatic hydroxyl groups is 1. The van der Waals surface area contributed by atoms with Gasteiger partial charge in [0, 0.05) is 37.0 Å². The molecule has 0 aliphatic rings. The third-order valence-corrected chi connectivity index (χ3v) is 7.33. The zero-order chi connectivity index (χ0) is 21.1. The van der Waals surface area contributed by atoms with E-state index in [4.69, 9.17) is 18.0 Å². The molecule has 29 heavy (non-hydrogen) atoms. The minimum Gasteiger partial charge on any atom is -0.491 e. The van der Waals surface area contributed by atoms with Gasteiger partial charge >= 0.3 is 8.80 Å². The van der Waals surface area contributed by atoms with E-state index in [0.29, 0.717) is 36.7 Å². The lowest BCUT2D eigenvalue weighted by Gasteiger charge is -2.30. The van der Waals surface area contributed by atoms with Crippen molar-refractivity contribution < 1.29 is 27.9 Å². The summed E-state index contributed by atoms with van der Waals surface area (Å²) >= 11 is 0. The van der Waals surface area contributed by atoms with Crippen LogP contribution in [0.5, 0.6) is 5.75 Å². The van der Waals surface area contributed by atoms with Gasteiger partial charge < -0.3 is 23.1 Å². The van der Waals surface area contributed by atoms with Crippen molar-refractivity contribution in [3.8, 4) is 5.75 Å². The van der Waals surface area contributed by atoms with Crippen LogP contribution >= 0.6 is 0 Å². The fourth-order valence-electron chi connectivity index (χ4n) is 2.96. The number of aliphatic hydroxyl groups excluding tert-OH is 1. The molecule has 2 aromatic rings. The zero-order valence-corrected chi connectivity index (χ0v) is 18.3. The van der Waals surface area contributed by atoms with Crippen molar-refractivity contribution in [3.05, 3.63) is 65.7 Å². The lowest BCUT2D eigenvalue weighted by atomic mass is 10.0. The summed E-state index contributed by atoms with van der Waals surface area (Å²) in [5, 5.41) is 10.4. The Morgan fingerprint density at radius 1 is 0.862 bits per heavy atom. The molecule has 6 nitrogen and oxygen atoms in total. The molecule has 158 valence electrons. The highest BCUT2D eigenvalue weighted by Gasteiger charge is 2.42. The van der Waals surface area contributed by atoms with Gasteiger partial charge in [0.15, 0.2) is 5.78 Å². The van der Waals surface area contributed by atoms with Crippen molar-refractivity contribution in [2.75, 3.05) is 26.4 Å². The molecule has 0 fully saturated rings. The maximum absolute atomic E-state index is 12.4. The number of hydrogen-bond acceptors (Lipinski definition) is 6. The van der Waals surface area contributed by atoms with Gasteiger partial charge in [0.05, 0.1) is 6.10 Å². The van der Waals surface area contributed by atoms with E-state index in [1.54, 1.807) is 36.4 Å². The Hall–Kier alpha value is -2.03. The van der Waals surface area contributed by atoms with E-state index >= 15 is 0 Å². The van der Waals surface area contributed by atoms with E-state index in [2.05, 4.69) is 0 Å². The second kappa shape index (κ2) is 11.8. The lowest BCUT2D eigenvalue weighted by Crippen LogP contribution is -2.49. The largest absolute Gasteiger partial charge is 0.503 e. The van der Waals surface area contributed by atoms with E-state index in [1.165, 1.54) is 0 Å². The average molecular weight is 419 g/mol. The number of ether oxygens (including phenoxy) is 1. The fraction of sp³-hybridized carbons (Fsp3) is 0.409. The van der Waals surface area contributed by atoms with E-state index in [0.717, 1.165) is 0 Å². The van der Waals surface area contributed by atoms with Crippen molar-refractivity contribution >= 4 is 14.6 Å². The first-order valence-corrected chi connectivity index (χ1v) is 11.9. The molecule has 1 N–H and O–H groups in total. The van der Waals surface area contributed by atoms with Gasteiger partial charge in [-0.05, 0) is 45.0 Å². The molecule has 0 heterocycles. The van der Waals surface area contributed by atoms with E-state index in [9.17, 15) is 9.90 Å². The van der Waals surface area contributed by atoms with Gasteiger partial charge in [0.2, 0.25) is 0 Å². The SMILES string of the molecule is CCO[Si](CC(O)COc1ccc(C(=O)c2ccccc2)cc1)(OCC)OCC. The van der Waals surface area contributed by atoms with Crippen molar-refractivity contribution in [2.45, 2.75) is 32.9 Å². The molecular formula is C22H30O6Si. The van der Waals surface area contributed by atoms with Crippen molar-refractivity contribution in [1.29, 1.82) is 0 Å². The topological polar surface area (TPSA) is 74.2 Å². The second-order valence-corrected chi connectivity index (χ2v) is 9.01. The van der Waals surface area contributed by atoms with Crippen LogP contribution in [0, 0.1) is 0 Å². The summed E-state index contributed by atoms with van der Waals surface area (Å²) < 4.78 is 23.0. The second-order valence-electron chi connectivity index (χ2n) is 6.37. The number of benzene rings is 2. The van der Waals surface area contributed by atoms with E-state index in [1.807, 2.05) is 39.0 Å². The minimum atomic E-state index is -2.93. The molecule has 7 heteroatoms. The first-order chi connectivity index (χ1) is 14.0. The molecule has 2 aromatic carbocycles. The molecule has 0 bridgehead atoms. The predicted molar refractivity (Wildman–Crippen MR) is 113 cm³/mol. The van der Waals surface area contributed by atoms with Crippen LogP contribution in [0.2, 0.25) is 6.04 Å². The smallest absolute Gasteiger partial charge is 0.491 e. The van der Waals surface area contributed by atoms with Crippen LogP contribution in [0.25, 0.3) is 0 Å². The van der Waals surface area contributed by atoms with Crippen molar-refractivity contribution in [1.82, 2.24) is 0 Å². The Bertz CT molecular complexity index is 718. The number of carbonyl (C=O) groups is 1. The standard InChI is InChI=1S/C22H30O6Si/c1-4-26-29(27-5-2,28-6-3)17-20(23)16-25-21-14-12-19(13-15-21)22(24)18-10-8-7-9-11-18/h7-15,20,23H,4-6,16-17H2,1-3H3. The Balaban J connectivity index is 1.94. The predicted octanol–water partition coefficient (Wildman–Crippen LogP) is 3.71. The molecule has 0 saturated carbocycles. The Kier molecular flexibility index (Phi) is 9.50. The van der Waals surface area contributed by atoms with E-state index < -0.39 is 14.9 Å². The van der Waals surface area contributed by atoms with Crippen LogP contribution in [0.15, 0.2) is 54.6 Å². The van der Waals surface area contributed by atoms with Crippen LogP contribution in [0.3, 0.4) is 0 Å². The molecule has 0 radical (unpaired) electrons. The Labute approximate surface area is 173 Å². The number of ketones is 1. The van der Waals surface area contributed by atoms with Gasteiger partial charge in [0.1, 0.15) is 12.4 Å². The molecule has 2 rings (SSSR count). The van der Waals surface area contributed by atoms with Crippen LogP contribution in [-0.2, 0) is 13.3 Å². The molecule has 0 aliphatic heterocycles. The minimum absolute atomic E-state index is 0.0434.